The van der Waals surface area contributed by atoms with E-state index in [9.17, 15) is 9.90 Å². The number of ketones is 1. The van der Waals surface area contributed by atoms with Crippen molar-refractivity contribution in [3.8, 4) is 28.5 Å². The minimum atomic E-state index is -1.36. The summed E-state index contributed by atoms with van der Waals surface area (Å²) in [4.78, 5) is 18.0. The lowest BCUT2D eigenvalue weighted by Gasteiger charge is -2.26. The van der Waals surface area contributed by atoms with E-state index in [-0.39, 0.29) is 24.7 Å². The summed E-state index contributed by atoms with van der Waals surface area (Å²) in [7, 11) is 1.57. The first-order valence-electron chi connectivity index (χ1n) is 13.3. The molecule has 7 nitrogen and oxygen atoms in total. The van der Waals surface area contributed by atoms with E-state index >= 15 is 0 Å². The molecule has 0 saturated heterocycles. The normalized spacial score (nSPS) is 19.8. The van der Waals surface area contributed by atoms with Crippen LogP contribution < -0.4 is 19.9 Å². The van der Waals surface area contributed by atoms with Gasteiger partial charge in [0.15, 0.2) is 23.0 Å². The van der Waals surface area contributed by atoms with Gasteiger partial charge in [0.25, 0.3) is 0 Å². The average molecular weight is 517 g/mol. The number of hydrogen-bond acceptors (Lipinski definition) is 7. The van der Waals surface area contributed by atoms with E-state index in [2.05, 4.69) is 0 Å². The van der Waals surface area contributed by atoms with E-state index in [1.807, 2.05) is 44.2 Å². The first-order valence-corrected chi connectivity index (χ1v) is 13.3. The van der Waals surface area contributed by atoms with E-state index in [0.717, 1.165) is 29.5 Å². The van der Waals surface area contributed by atoms with Crippen LogP contribution in [0.15, 0.2) is 48.5 Å². The molecule has 0 radical (unpaired) electrons. The number of pyridine rings is 1. The van der Waals surface area contributed by atoms with Crippen LogP contribution in [-0.4, -0.2) is 35.7 Å². The maximum Gasteiger partial charge on any atom is 0.163 e. The number of aliphatic hydroxyl groups is 1. The first kappa shape index (κ1) is 26.2. The fourth-order valence-electron chi connectivity index (χ4n) is 4.74. The standard InChI is InChI=1S/C31H36N2O5/c1-5-31(32)18-37-29-23(31)17-27(33-28(29)20-8-6-19(2)7-9-20)30(3,35)15-14-24(34)21-10-13-25(26(16-21)36-4)38-22-11-12-22/h6-10,13,16-17,22,35H,5,11-12,14-15,18,32H2,1-4H3. The van der Waals surface area contributed by atoms with E-state index in [1.165, 1.54) is 0 Å². The third-order valence-electron chi connectivity index (χ3n) is 7.63. The number of nitrogens with two attached hydrogens (primary N) is 1. The lowest BCUT2D eigenvalue weighted by Crippen LogP contribution is -2.37. The van der Waals surface area contributed by atoms with Crippen LogP contribution in [0.25, 0.3) is 11.3 Å². The topological polar surface area (TPSA) is 104 Å². The van der Waals surface area contributed by atoms with Crippen molar-refractivity contribution >= 4 is 5.78 Å². The predicted molar refractivity (Wildman–Crippen MR) is 146 cm³/mol. The van der Waals surface area contributed by atoms with Gasteiger partial charge in [-0.25, -0.2) is 4.98 Å². The highest BCUT2D eigenvalue weighted by molar-refractivity contribution is 5.96. The summed E-state index contributed by atoms with van der Waals surface area (Å²) >= 11 is 0. The van der Waals surface area contributed by atoms with Gasteiger partial charge in [-0.3, -0.25) is 4.79 Å². The lowest BCUT2D eigenvalue weighted by atomic mass is 9.86. The third kappa shape index (κ3) is 5.13. The molecule has 1 aliphatic carbocycles. The number of carbonyl (C=O) groups is 1. The van der Waals surface area contributed by atoms with Crippen LogP contribution in [0.5, 0.6) is 17.2 Å². The third-order valence-corrected chi connectivity index (χ3v) is 7.63. The van der Waals surface area contributed by atoms with Gasteiger partial charge in [-0.1, -0.05) is 36.8 Å². The van der Waals surface area contributed by atoms with Gasteiger partial charge in [-0.2, -0.15) is 0 Å². The molecule has 2 aliphatic rings. The molecule has 0 bridgehead atoms. The average Bonchev–Trinajstić information content (AvgIpc) is 3.68. The number of aromatic nitrogens is 1. The molecule has 5 rings (SSSR count). The van der Waals surface area contributed by atoms with Crippen LogP contribution in [-0.2, 0) is 11.1 Å². The van der Waals surface area contributed by atoms with E-state index in [4.69, 9.17) is 24.9 Å². The molecular formula is C31H36N2O5. The second-order valence-corrected chi connectivity index (χ2v) is 10.8. The molecule has 3 aromatic rings. The molecule has 1 fully saturated rings. The number of nitrogens with zero attached hydrogens (tertiary/aromatic N) is 1. The number of hydrogen-bond donors (Lipinski definition) is 2. The molecule has 2 unspecified atom stereocenters. The molecule has 1 aliphatic heterocycles. The molecule has 0 spiro atoms. The largest absolute Gasteiger partial charge is 0.493 e. The van der Waals surface area contributed by atoms with Gasteiger partial charge in [0.05, 0.1) is 24.4 Å². The van der Waals surface area contributed by atoms with Crippen molar-refractivity contribution in [1.29, 1.82) is 0 Å². The summed E-state index contributed by atoms with van der Waals surface area (Å²) in [5.41, 5.74) is 9.19. The fourth-order valence-corrected chi connectivity index (χ4v) is 4.74. The highest BCUT2D eigenvalue weighted by Crippen LogP contribution is 2.45. The van der Waals surface area contributed by atoms with E-state index in [0.29, 0.717) is 47.2 Å². The highest BCUT2D eigenvalue weighted by Gasteiger charge is 2.40. The summed E-state index contributed by atoms with van der Waals surface area (Å²) in [5.74, 6) is 1.75. The van der Waals surface area contributed by atoms with Gasteiger partial charge in [-0.15, -0.1) is 0 Å². The first-order chi connectivity index (χ1) is 18.1. The zero-order valence-electron chi connectivity index (χ0n) is 22.5. The Morgan fingerprint density at radius 1 is 1.18 bits per heavy atom. The Bertz CT molecular complexity index is 1350. The van der Waals surface area contributed by atoms with Crippen LogP contribution in [0.2, 0.25) is 0 Å². The second kappa shape index (κ2) is 10.0. The summed E-state index contributed by atoms with van der Waals surface area (Å²) in [5, 5.41) is 11.6. The second-order valence-electron chi connectivity index (χ2n) is 10.8. The predicted octanol–water partition coefficient (Wildman–Crippen LogP) is 5.43. The molecular weight excluding hydrogens is 480 g/mol. The Kier molecular flexibility index (Phi) is 6.92. The molecule has 2 heterocycles. The summed E-state index contributed by atoms with van der Waals surface area (Å²) in [6, 6.07) is 15.1. The number of fused-ring (bicyclic) bond motifs is 1. The number of methoxy groups -OCH3 is 1. The Morgan fingerprint density at radius 3 is 2.58 bits per heavy atom. The number of carbonyl (C=O) groups excluding carboxylic acids is 1. The number of aryl methyl sites for hydroxylation is 1. The SMILES string of the molecule is CCC1(N)COc2c1cc(C(C)(O)CCC(=O)c1ccc(OC3CC3)c(OC)c1)nc2-c1ccc(C)cc1. The monoisotopic (exact) mass is 516 g/mol. The van der Waals surface area contributed by atoms with Gasteiger partial charge < -0.3 is 25.1 Å². The Hall–Kier alpha value is -3.42. The van der Waals surface area contributed by atoms with Gasteiger partial charge in [0.1, 0.15) is 17.9 Å². The van der Waals surface area contributed by atoms with Gasteiger partial charge in [0, 0.05) is 23.1 Å². The molecule has 2 aromatic carbocycles. The molecule has 1 saturated carbocycles. The maximum atomic E-state index is 13.1. The zero-order chi connectivity index (χ0) is 27.1. The fraction of sp³-hybridized carbons (Fsp3) is 0.419. The van der Waals surface area contributed by atoms with Crippen LogP contribution >= 0.6 is 0 Å². The van der Waals surface area contributed by atoms with Crippen LogP contribution in [0.3, 0.4) is 0 Å². The lowest BCUT2D eigenvalue weighted by molar-refractivity contribution is 0.0396. The van der Waals surface area contributed by atoms with Crippen molar-refractivity contribution in [2.45, 2.75) is 70.1 Å². The Morgan fingerprint density at radius 2 is 1.92 bits per heavy atom. The van der Waals surface area contributed by atoms with Crippen LogP contribution in [0, 0.1) is 6.92 Å². The van der Waals surface area contributed by atoms with E-state index < -0.39 is 11.1 Å². The van der Waals surface area contributed by atoms with E-state index in [1.54, 1.807) is 32.2 Å². The minimum Gasteiger partial charge on any atom is -0.493 e. The molecule has 1 aromatic heterocycles. The van der Waals surface area contributed by atoms with Crippen molar-refractivity contribution < 1.29 is 24.1 Å². The molecule has 7 heteroatoms. The quantitative estimate of drug-likeness (QED) is 0.346. The van der Waals surface area contributed by atoms with Gasteiger partial charge in [-0.05, 0) is 63.8 Å². The minimum absolute atomic E-state index is 0.0912. The van der Waals surface area contributed by atoms with Gasteiger partial charge >= 0.3 is 0 Å². The van der Waals surface area contributed by atoms with Crippen molar-refractivity contribution in [1.82, 2.24) is 4.98 Å². The Labute approximate surface area is 223 Å². The molecule has 0 amide bonds. The van der Waals surface area contributed by atoms with Crippen LogP contribution in [0.1, 0.15) is 73.1 Å². The molecule has 38 heavy (non-hydrogen) atoms. The smallest absolute Gasteiger partial charge is 0.163 e. The molecule has 3 N–H and O–H groups in total. The highest BCUT2D eigenvalue weighted by atomic mass is 16.5. The number of ether oxygens (including phenoxy) is 3. The number of benzene rings is 2. The van der Waals surface area contributed by atoms with Crippen molar-refractivity contribution in [3.63, 3.8) is 0 Å². The van der Waals surface area contributed by atoms with Crippen LogP contribution in [0.4, 0.5) is 0 Å². The number of Topliss-reactive ketones (excluding diaryl/α,β-unsaturated/α-hetero) is 1. The molecule has 2 atom stereocenters. The van der Waals surface area contributed by atoms with Crippen molar-refractivity contribution in [2.24, 2.45) is 5.73 Å². The zero-order valence-corrected chi connectivity index (χ0v) is 22.5. The summed E-state index contributed by atoms with van der Waals surface area (Å²) in [6.07, 6.45) is 3.32. The summed E-state index contributed by atoms with van der Waals surface area (Å²) < 4.78 is 17.4. The van der Waals surface area contributed by atoms with Crippen molar-refractivity contribution in [3.05, 3.63) is 70.9 Å². The maximum absolute atomic E-state index is 13.1. The number of rotatable bonds is 10. The van der Waals surface area contributed by atoms with Gasteiger partial charge in [0.2, 0.25) is 0 Å². The molecule has 200 valence electrons. The van der Waals surface area contributed by atoms with Crippen molar-refractivity contribution in [2.75, 3.05) is 13.7 Å². The summed E-state index contributed by atoms with van der Waals surface area (Å²) in [6.45, 7) is 6.10. The Balaban J connectivity index is 1.41.